The first-order chi connectivity index (χ1) is 9.45. The van der Waals surface area contributed by atoms with Gasteiger partial charge in [0.2, 0.25) is 10.0 Å². The highest BCUT2D eigenvalue weighted by molar-refractivity contribution is 7.92. The fourth-order valence-corrected chi connectivity index (χ4v) is 3.10. The van der Waals surface area contributed by atoms with Gasteiger partial charge in [0.1, 0.15) is 0 Å². The second-order valence-corrected chi connectivity index (χ2v) is 7.20. The molecule has 0 unspecified atom stereocenters. The van der Waals surface area contributed by atoms with Crippen molar-refractivity contribution in [2.24, 2.45) is 0 Å². The monoisotopic (exact) mass is 296 g/mol. The van der Waals surface area contributed by atoms with E-state index in [9.17, 15) is 13.2 Å². The first-order valence-electron chi connectivity index (χ1n) is 6.81. The average Bonchev–Trinajstić information content (AvgIpc) is 3.00. The quantitative estimate of drug-likeness (QED) is 0.850. The van der Waals surface area contributed by atoms with E-state index in [2.05, 4.69) is 0 Å². The molecule has 110 valence electrons. The van der Waals surface area contributed by atoms with Crippen LogP contribution in [0.2, 0.25) is 0 Å². The lowest BCUT2D eigenvalue weighted by molar-refractivity contribution is 0.0793. The van der Waals surface area contributed by atoms with Crippen molar-refractivity contribution in [1.29, 1.82) is 0 Å². The van der Waals surface area contributed by atoms with Gasteiger partial charge in [-0.1, -0.05) is 0 Å². The van der Waals surface area contributed by atoms with Crippen LogP contribution in [0.3, 0.4) is 0 Å². The number of amides is 1. The van der Waals surface area contributed by atoms with Gasteiger partial charge in [-0.05, 0) is 44.0 Å². The molecule has 6 heteroatoms. The van der Waals surface area contributed by atoms with Crippen LogP contribution >= 0.6 is 0 Å². The summed E-state index contributed by atoms with van der Waals surface area (Å²) in [6, 6.07) is 6.74. The van der Waals surface area contributed by atoms with Crippen LogP contribution in [0.15, 0.2) is 24.3 Å². The highest BCUT2D eigenvalue weighted by atomic mass is 32.2. The van der Waals surface area contributed by atoms with E-state index in [0.717, 1.165) is 25.9 Å². The van der Waals surface area contributed by atoms with Crippen molar-refractivity contribution in [3.05, 3.63) is 29.8 Å². The van der Waals surface area contributed by atoms with Gasteiger partial charge in [0, 0.05) is 25.7 Å². The van der Waals surface area contributed by atoms with Crippen LogP contribution in [0.5, 0.6) is 0 Å². The van der Waals surface area contributed by atoms with Gasteiger partial charge < -0.3 is 4.90 Å². The molecule has 0 aromatic heterocycles. The van der Waals surface area contributed by atoms with Gasteiger partial charge >= 0.3 is 0 Å². The number of anilines is 1. The molecule has 0 spiro atoms. The summed E-state index contributed by atoms with van der Waals surface area (Å²) in [5.41, 5.74) is 1.18. The van der Waals surface area contributed by atoms with Crippen LogP contribution in [-0.4, -0.2) is 45.1 Å². The summed E-state index contributed by atoms with van der Waals surface area (Å²) in [4.78, 5) is 14.0. The molecule has 5 nitrogen and oxygen atoms in total. The minimum atomic E-state index is -3.26. The zero-order valence-corrected chi connectivity index (χ0v) is 12.7. The van der Waals surface area contributed by atoms with Crippen molar-refractivity contribution in [2.45, 2.75) is 19.8 Å². The second-order valence-electron chi connectivity index (χ2n) is 4.91. The second kappa shape index (κ2) is 5.83. The highest BCUT2D eigenvalue weighted by Gasteiger charge is 2.20. The van der Waals surface area contributed by atoms with Crippen LogP contribution in [0.1, 0.15) is 30.1 Å². The fraction of sp³-hybridized carbons (Fsp3) is 0.500. The van der Waals surface area contributed by atoms with E-state index in [0.29, 0.717) is 11.3 Å². The predicted molar refractivity (Wildman–Crippen MR) is 79.4 cm³/mol. The van der Waals surface area contributed by atoms with Crippen LogP contribution < -0.4 is 4.31 Å². The van der Waals surface area contributed by atoms with E-state index in [4.69, 9.17) is 0 Å². The van der Waals surface area contributed by atoms with Crippen molar-refractivity contribution < 1.29 is 13.2 Å². The maximum absolute atomic E-state index is 12.2. The van der Waals surface area contributed by atoms with Gasteiger partial charge in [-0.3, -0.25) is 9.10 Å². The third-order valence-corrected chi connectivity index (χ3v) is 5.43. The third kappa shape index (κ3) is 2.95. The standard InChI is InChI=1S/C14H20N2O3S/c1-3-20(18,19)15(2)13-8-6-12(7-9-13)14(17)16-10-4-5-11-16/h6-9H,3-5,10-11H2,1-2H3. The molecule has 1 aliphatic heterocycles. The fourth-order valence-electron chi connectivity index (χ4n) is 2.27. The maximum Gasteiger partial charge on any atom is 0.253 e. The summed E-state index contributed by atoms with van der Waals surface area (Å²) in [6.07, 6.45) is 2.11. The molecule has 0 radical (unpaired) electrons. The molecule has 1 aromatic carbocycles. The number of nitrogens with zero attached hydrogens (tertiary/aromatic N) is 2. The van der Waals surface area contributed by atoms with Crippen molar-refractivity contribution in [2.75, 3.05) is 30.2 Å². The van der Waals surface area contributed by atoms with Crippen molar-refractivity contribution >= 4 is 21.6 Å². The lowest BCUT2D eigenvalue weighted by Gasteiger charge is -2.19. The van der Waals surface area contributed by atoms with Gasteiger partial charge in [-0.25, -0.2) is 8.42 Å². The van der Waals surface area contributed by atoms with Gasteiger partial charge in [-0.15, -0.1) is 0 Å². The van der Waals surface area contributed by atoms with Crippen molar-refractivity contribution in [3.8, 4) is 0 Å². The van der Waals surface area contributed by atoms with E-state index in [1.54, 1.807) is 31.2 Å². The van der Waals surface area contributed by atoms with Crippen LogP contribution in [0.25, 0.3) is 0 Å². The average molecular weight is 296 g/mol. The van der Waals surface area contributed by atoms with Crippen LogP contribution in [-0.2, 0) is 10.0 Å². The van der Waals surface area contributed by atoms with Crippen LogP contribution in [0.4, 0.5) is 5.69 Å². The number of likely N-dealkylation sites (tertiary alicyclic amines) is 1. The number of rotatable bonds is 4. The molecule has 0 atom stereocenters. The minimum Gasteiger partial charge on any atom is -0.339 e. The largest absolute Gasteiger partial charge is 0.339 e. The first-order valence-corrected chi connectivity index (χ1v) is 8.42. The van der Waals surface area contributed by atoms with Crippen LogP contribution in [0, 0.1) is 0 Å². The zero-order valence-electron chi connectivity index (χ0n) is 11.9. The number of benzene rings is 1. The first kappa shape index (κ1) is 14.8. The van der Waals surface area contributed by atoms with Gasteiger partial charge in [0.05, 0.1) is 11.4 Å². The molecular formula is C14H20N2O3S. The van der Waals surface area contributed by atoms with E-state index < -0.39 is 10.0 Å². The third-order valence-electron chi connectivity index (χ3n) is 3.65. The minimum absolute atomic E-state index is 0.0232. The Balaban J connectivity index is 2.16. The molecular weight excluding hydrogens is 276 g/mol. The summed E-state index contributed by atoms with van der Waals surface area (Å²) in [5, 5.41) is 0. The number of hydrogen-bond donors (Lipinski definition) is 0. The maximum atomic E-state index is 12.2. The molecule has 1 aliphatic rings. The summed E-state index contributed by atoms with van der Waals surface area (Å²) < 4.78 is 24.8. The molecule has 1 saturated heterocycles. The molecule has 0 bridgehead atoms. The lowest BCUT2D eigenvalue weighted by Crippen LogP contribution is -2.29. The number of carbonyl (C=O) groups is 1. The van der Waals surface area contributed by atoms with Crippen molar-refractivity contribution in [1.82, 2.24) is 4.90 Å². The Bertz CT molecular complexity index is 575. The van der Waals surface area contributed by atoms with E-state index in [-0.39, 0.29) is 11.7 Å². The Morgan fingerprint density at radius 1 is 1.20 bits per heavy atom. The number of carbonyl (C=O) groups excluding carboxylic acids is 1. The molecule has 1 fully saturated rings. The molecule has 1 heterocycles. The summed E-state index contributed by atoms with van der Waals surface area (Å²) in [5.74, 6) is 0.0767. The van der Waals surface area contributed by atoms with Gasteiger partial charge in [0.15, 0.2) is 0 Å². The predicted octanol–water partition coefficient (Wildman–Crippen LogP) is 1.71. The van der Waals surface area contributed by atoms with E-state index >= 15 is 0 Å². The lowest BCUT2D eigenvalue weighted by atomic mass is 10.2. The van der Waals surface area contributed by atoms with E-state index in [1.807, 2.05) is 4.90 Å². The normalized spacial score (nSPS) is 15.4. The number of hydrogen-bond acceptors (Lipinski definition) is 3. The topological polar surface area (TPSA) is 57.7 Å². The van der Waals surface area contributed by atoms with Gasteiger partial charge in [-0.2, -0.15) is 0 Å². The highest BCUT2D eigenvalue weighted by Crippen LogP contribution is 2.19. The molecule has 0 aliphatic carbocycles. The molecule has 1 aromatic rings. The molecule has 0 saturated carbocycles. The van der Waals surface area contributed by atoms with E-state index in [1.165, 1.54) is 11.4 Å². The molecule has 0 N–H and O–H groups in total. The summed E-state index contributed by atoms with van der Waals surface area (Å²) >= 11 is 0. The molecule has 1 amide bonds. The Hall–Kier alpha value is -1.56. The Morgan fingerprint density at radius 3 is 2.25 bits per heavy atom. The zero-order chi connectivity index (χ0) is 14.8. The van der Waals surface area contributed by atoms with Gasteiger partial charge in [0.25, 0.3) is 5.91 Å². The smallest absolute Gasteiger partial charge is 0.253 e. The SMILES string of the molecule is CCS(=O)(=O)N(C)c1ccc(C(=O)N2CCCC2)cc1. The Kier molecular flexibility index (Phi) is 4.32. The summed E-state index contributed by atoms with van der Waals surface area (Å²) in [6.45, 7) is 3.23. The Labute approximate surface area is 120 Å². The Morgan fingerprint density at radius 2 is 1.75 bits per heavy atom. The molecule has 2 rings (SSSR count). The summed E-state index contributed by atoms with van der Waals surface area (Å²) in [7, 11) is -1.74. The molecule has 20 heavy (non-hydrogen) atoms. The number of sulfonamides is 1. The van der Waals surface area contributed by atoms with Crippen molar-refractivity contribution in [3.63, 3.8) is 0 Å².